The van der Waals surface area contributed by atoms with Crippen molar-refractivity contribution in [2.75, 3.05) is 43.8 Å². The lowest BCUT2D eigenvalue weighted by Gasteiger charge is -2.14. The van der Waals surface area contributed by atoms with Crippen molar-refractivity contribution in [3.63, 3.8) is 0 Å². The van der Waals surface area contributed by atoms with Gasteiger partial charge in [-0.3, -0.25) is 4.79 Å². The average molecular weight is 462 g/mol. The molecule has 0 spiro atoms. The summed E-state index contributed by atoms with van der Waals surface area (Å²) >= 11 is 0. The van der Waals surface area contributed by atoms with E-state index in [-0.39, 0.29) is 11.9 Å². The second-order valence-corrected chi connectivity index (χ2v) is 8.21. The molecule has 11 nitrogen and oxygen atoms in total. The molecule has 0 unspecified atom stereocenters. The third-order valence-electron chi connectivity index (χ3n) is 5.80. The van der Waals surface area contributed by atoms with Crippen LogP contribution in [0.5, 0.6) is 0 Å². The first-order chi connectivity index (χ1) is 16.7. The van der Waals surface area contributed by atoms with Crippen molar-refractivity contribution in [1.29, 1.82) is 0 Å². The smallest absolute Gasteiger partial charge is 0.259 e. The normalized spacial score (nSPS) is 14.0. The minimum Gasteiger partial charge on any atom is -0.461 e. The van der Waals surface area contributed by atoms with Crippen LogP contribution in [0.3, 0.4) is 0 Å². The summed E-state index contributed by atoms with van der Waals surface area (Å²) in [4.78, 5) is 27.7. The van der Waals surface area contributed by atoms with E-state index in [1.807, 2.05) is 24.3 Å². The highest BCUT2D eigenvalue weighted by atomic mass is 16.3. The first-order valence-electron chi connectivity index (χ1n) is 11.4. The van der Waals surface area contributed by atoms with Gasteiger partial charge in [0.1, 0.15) is 0 Å². The largest absolute Gasteiger partial charge is 0.461 e. The van der Waals surface area contributed by atoms with Gasteiger partial charge in [-0.1, -0.05) is 12.1 Å². The molecule has 4 heterocycles. The van der Waals surface area contributed by atoms with Gasteiger partial charge in [-0.05, 0) is 62.2 Å². The van der Waals surface area contributed by atoms with E-state index < -0.39 is 0 Å². The summed E-state index contributed by atoms with van der Waals surface area (Å²) in [6, 6.07) is 11.2. The van der Waals surface area contributed by atoms with E-state index >= 15 is 0 Å². The number of nitrogens with two attached hydrogens (primary N) is 1. The fourth-order valence-corrected chi connectivity index (χ4v) is 3.97. The van der Waals surface area contributed by atoms with Gasteiger partial charge >= 0.3 is 0 Å². The van der Waals surface area contributed by atoms with Crippen LogP contribution in [0, 0.1) is 0 Å². The Labute approximate surface area is 196 Å². The monoisotopic (exact) mass is 461 g/mol. The molecule has 0 saturated carbocycles. The summed E-state index contributed by atoms with van der Waals surface area (Å²) in [5.41, 5.74) is 7.78. The average Bonchev–Trinajstić information content (AvgIpc) is 3.61. The van der Waals surface area contributed by atoms with E-state index in [1.165, 1.54) is 17.4 Å². The maximum atomic E-state index is 12.4. The zero-order chi connectivity index (χ0) is 23.3. The third-order valence-corrected chi connectivity index (χ3v) is 5.80. The number of hydrogen-bond acceptors (Lipinski definition) is 9. The quantitative estimate of drug-likeness (QED) is 0.341. The van der Waals surface area contributed by atoms with E-state index in [9.17, 15) is 4.79 Å². The topological polar surface area (TPSA) is 139 Å². The number of carbonyl (C=O) groups excluding carboxylic acids is 1. The predicted octanol–water partition coefficient (Wildman–Crippen LogP) is 1.84. The van der Waals surface area contributed by atoms with Gasteiger partial charge < -0.3 is 25.7 Å². The number of amides is 1. The zero-order valence-electron chi connectivity index (χ0n) is 18.8. The molecule has 0 aliphatic carbocycles. The van der Waals surface area contributed by atoms with E-state index in [2.05, 4.69) is 35.6 Å². The lowest BCUT2D eigenvalue weighted by Crippen LogP contribution is -2.33. The van der Waals surface area contributed by atoms with Gasteiger partial charge in [0.25, 0.3) is 11.7 Å². The molecule has 1 aliphatic rings. The van der Waals surface area contributed by atoms with Gasteiger partial charge in [0, 0.05) is 25.2 Å². The number of nitrogen functional groups attached to an aromatic ring is 1. The minimum atomic E-state index is -0.0386. The molecule has 1 aliphatic heterocycles. The molecule has 4 N–H and O–H groups in total. The molecule has 0 bridgehead atoms. The summed E-state index contributed by atoms with van der Waals surface area (Å²) in [5, 5.41) is 10.5. The van der Waals surface area contributed by atoms with Crippen LogP contribution in [0.2, 0.25) is 0 Å². The fraction of sp³-hybridized carbons (Fsp3) is 0.348. The Bertz CT molecular complexity index is 1250. The Morgan fingerprint density at radius 3 is 2.65 bits per heavy atom. The molecule has 1 saturated heterocycles. The Morgan fingerprint density at radius 1 is 1.06 bits per heavy atom. The molecule has 1 fully saturated rings. The van der Waals surface area contributed by atoms with Gasteiger partial charge in [0.15, 0.2) is 5.76 Å². The predicted molar refractivity (Wildman–Crippen MR) is 127 cm³/mol. The standard InChI is InChI=1S/C23H27N9O2/c24-21-28-22(29-23-27-19(30-32(21)23)18-4-3-15-34-18)26-10-9-16-5-7-17(8-6-16)20(33)25-11-14-31-12-1-2-13-31/h3-8,15H,1-2,9-14H2,(H,25,33)(H3,24,26,27,28,29,30). The van der Waals surface area contributed by atoms with Gasteiger partial charge in [-0.15, -0.1) is 5.10 Å². The fourth-order valence-electron chi connectivity index (χ4n) is 3.97. The second-order valence-electron chi connectivity index (χ2n) is 8.21. The molecule has 4 aromatic rings. The number of nitrogens with zero attached hydrogens (tertiary/aromatic N) is 6. The van der Waals surface area contributed by atoms with Crippen LogP contribution in [0.1, 0.15) is 28.8 Å². The summed E-state index contributed by atoms with van der Waals surface area (Å²) in [6.07, 6.45) is 4.80. The summed E-state index contributed by atoms with van der Waals surface area (Å²) in [6.45, 7) is 4.44. The lowest BCUT2D eigenvalue weighted by molar-refractivity contribution is 0.0949. The molecular formula is C23H27N9O2. The number of fused-ring (bicyclic) bond motifs is 1. The van der Waals surface area contributed by atoms with Crippen molar-refractivity contribution in [3.8, 4) is 11.6 Å². The number of hydrogen-bond donors (Lipinski definition) is 3. The van der Waals surface area contributed by atoms with Crippen LogP contribution in [0.4, 0.5) is 11.9 Å². The number of carbonyl (C=O) groups is 1. The van der Waals surface area contributed by atoms with E-state index in [1.54, 1.807) is 18.4 Å². The van der Waals surface area contributed by atoms with Crippen LogP contribution in [-0.2, 0) is 6.42 Å². The van der Waals surface area contributed by atoms with Crippen LogP contribution in [0.15, 0.2) is 47.1 Å². The Morgan fingerprint density at radius 2 is 1.88 bits per heavy atom. The second kappa shape index (κ2) is 9.87. The Balaban J connectivity index is 1.13. The molecule has 0 atom stereocenters. The maximum absolute atomic E-state index is 12.4. The van der Waals surface area contributed by atoms with Crippen molar-refractivity contribution in [2.24, 2.45) is 0 Å². The zero-order valence-corrected chi connectivity index (χ0v) is 18.8. The van der Waals surface area contributed by atoms with Gasteiger partial charge in [-0.25, -0.2) is 0 Å². The number of aromatic nitrogens is 5. The highest BCUT2D eigenvalue weighted by Gasteiger charge is 2.14. The SMILES string of the molecule is Nc1nc(NCCc2ccc(C(=O)NCCN3CCCC3)cc2)nc2nc(-c3ccco3)nn12. The van der Waals surface area contributed by atoms with Crippen molar-refractivity contribution in [3.05, 3.63) is 53.8 Å². The molecule has 11 heteroatoms. The summed E-state index contributed by atoms with van der Waals surface area (Å²) in [5.74, 6) is 1.77. The highest BCUT2D eigenvalue weighted by Crippen LogP contribution is 2.17. The first-order valence-corrected chi connectivity index (χ1v) is 11.4. The summed E-state index contributed by atoms with van der Waals surface area (Å²) < 4.78 is 6.70. The lowest BCUT2D eigenvalue weighted by atomic mass is 10.1. The maximum Gasteiger partial charge on any atom is 0.259 e. The molecule has 0 radical (unpaired) electrons. The molecule has 1 amide bonds. The van der Waals surface area contributed by atoms with Crippen LogP contribution in [0.25, 0.3) is 17.4 Å². The van der Waals surface area contributed by atoms with E-state index in [4.69, 9.17) is 10.2 Å². The van der Waals surface area contributed by atoms with Crippen molar-refractivity contribution in [2.45, 2.75) is 19.3 Å². The number of anilines is 2. The number of rotatable bonds is 9. The van der Waals surface area contributed by atoms with Crippen molar-refractivity contribution < 1.29 is 9.21 Å². The Hall–Kier alpha value is -3.99. The van der Waals surface area contributed by atoms with Crippen LogP contribution in [-0.4, -0.2) is 68.1 Å². The van der Waals surface area contributed by atoms with Crippen LogP contribution < -0.4 is 16.4 Å². The van der Waals surface area contributed by atoms with Gasteiger partial charge in [-0.2, -0.15) is 19.5 Å². The highest BCUT2D eigenvalue weighted by molar-refractivity contribution is 5.94. The van der Waals surface area contributed by atoms with E-state index in [0.29, 0.717) is 42.0 Å². The van der Waals surface area contributed by atoms with E-state index in [0.717, 1.165) is 31.6 Å². The number of furan rings is 1. The minimum absolute atomic E-state index is 0.0386. The van der Waals surface area contributed by atoms with Crippen LogP contribution >= 0.6 is 0 Å². The molecule has 176 valence electrons. The molecule has 34 heavy (non-hydrogen) atoms. The third kappa shape index (κ3) is 4.99. The van der Waals surface area contributed by atoms with Crippen molar-refractivity contribution in [1.82, 2.24) is 34.8 Å². The molecular weight excluding hydrogens is 434 g/mol. The van der Waals surface area contributed by atoms with Gasteiger partial charge in [0.05, 0.1) is 6.26 Å². The first kappa shape index (κ1) is 21.8. The van der Waals surface area contributed by atoms with Crippen molar-refractivity contribution >= 4 is 23.6 Å². The Kier molecular flexibility index (Phi) is 6.34. The molecule has 5 rings (SSSR count). The number of likely N-dealkylation sites (tertiary alicyclic amines) is 1. The summed E-state index contributed by atoms with van der Waals surface area (Å²) in [7, 11) is 0. The number of benzene rings is 1. The molecule has 1 aromatic carbocycles. The number of nitrogens with one attached hydrogen (secondary N) is 2. The molecule has 3 aromatic heterocycles. The van der Waals surface area contributed by atoms with Gasteiger partial charge in [0.2, 0.25) is 17.7 Å².